The lowest BCUT2D eigenvalue weighted by Crippen LogP contribution is -2.24. The molecule has 118 valence electrons. The molecule has 1 aromatic carbocycles. The molecule has 4 heteroatoms. The first-order chi connectivity index (χ1) is 10.5. The zero-order valence-corrected chi connectivity index (χ0v) is 13.7. The standard InChI is InChI=1S/C18H25N3O/c1-18(2)10-16-9-14(6-7-17(16)22-18)11-19-8-4-5-15-12-20-21(3)13-15/h6-7,9,12-13,19H,4-5,8,10-11H2,1-3H3. The van der Waals surface area contributed by atoms with Crippen LogP contribution in [0.25, 0.3) is 0 Å². The van der Waals surface area contributed by atoms with Crippen molar-refractivity contribution in [2.75, 3.05) is 6.54 Å². The van der Waals surface area contributed by atoms with Crippen molar-refractivity contribution >= 4 is 0 Å². The van der Waals surface area contributed by atoms with Gasteiger partial charge in [-0.15, -0.1) is 0 Å². The van der Waals surface area contributed by atoms with Gasteiger partial charge >= 0.3 is 0 Å². The van der Waals surface area contributed by atoms with E-state index in [1.165, 1.54) is 16.7 Å². The van der Waals surface area contributed by atoms with Gasteiger partial charge in [-0.3, -0.25) is 4.68 Å². The second kappa shape index (κ2) is 6.13. The number of aromatic nitrogens is 2. The summed E-state index contributed by atoms with van der Waals surface area (Å²) in [5.41, 5.74) is 3.92. The fourth-order valence-corrected chi connectivity index (χ4v) is 3.02. The van der Waals surface area contributed by atoms with Crippen molar-refractivity contribution in [2.45, 2.75) is 45.3 Å². The molecule has 0 saturated heterocycles. The van der Waals surface area contributed by atoms with E-state index in [2.05, 4.69) is 48.7 Å². The first-order valence-electron chi connectivity index (χ1n) is 8.01. The molecule has 0 spiro atoms. The third kappa shape index (κ3) is 3.69. The second-order valence-electron chi connectivity index (χ2n) is 6.78. The summed E-state index contributed by atoms with van der Waals surface area (Å²) in [7, 11) is 1.96. The fourth-order valence-electron chi connectivity index (χ4n) is 3.02. The molecule has 4 nitrogen and oxygen atoms in total. The molecule has 0 aliphatic carbocycles. The Balaban J connectivity index is 1.43. The molecular formula is C18H25N3O. The van der Waals surface area contributed by atoms with Gasteiger partial charge in [0, 0.05) is 26.2 Å². The maximum Gasteiger partial charge on any atom is 0.123 e. The number of rotatable bonds is 6. The third-order valence-corrected chi connectivity index (χ3v) is 4.03. The van der Waals surface area contributed by atoms with Gasteiger partial charge in [0.1, 0.15) is 11.4 Å². The summed E-state index contributed by atoms with van der Waals surface area (Å²) in [6, 6.07) is 6.54. The first-order valence-corrected chi connectivity index (χ1v) is 8.01. The summed E-state index contributed by atoms with van der Waals surface area (Å²) < 4.78 is 7.77. The predicted molar refractivity (Wildman–Crippen MR) is 88.1 cm³/mol. The number of nitrogens with zero attached hydrogens (tertiary/aromatic N) is 2. The Morgan fingerprint density at radius 1 is 1.32 bits per heavy atom. The van der Waals surface area contributed by atoms with Crippen LogP contribution in [0.5, 0.6) is 5.75 Å². The van der Waals surface area contributed by atoms with Crippen LogP contribution in [-0.4, -0.2) is 21.9 Å². The average molecular weight is 299 g/mol. The van der Waals surface area contributed by atoms with Crippen molar-refractivity contribution in [3.63, 3.8) is 0 Å². The first kappa shape index (κ1) is 15.1. The maximum absolute atomic E-state index is 5.91. The van der Waals surface area contributed by atoms with Crippen molar-refractivity contribution in [2.24, 2.45) is 7.05 Å². The molecule has 2 heterocycles. The Labute approximate surface area is 132 Å². The highest BCUT2D eigenvalue weighted by molar-refractivity contribution is 5.41. The summed E-state index contributed by atoms with van der Waals surface area (Å²) in [6.45, 7) is 6.22. The minimum Gasteiger partial charge on any atom is -0.487 e. The highest BCUT2D eigenvalue weighted by atomic mass is 16.5. The van der Waals surface area contributed by atoms with Crippen LogP contribution in [0.15, 0.2) is 30.6 Å². The van der Waals surface area contributed by atoms with E-state index in [0.29, 0.717) is 0 Å². The van der Waals surface area contributed by atoms with E-state index in [-0.39, 0.29) is 5.60 Å². The van der Waals surface area contributed by atoms with E-state index < -0.39 is 0 Å². The van der Waals surface area contributed by atoms with Gasteiger partial charge in [-0.05, 0) is 56.0 Å². The highest BCUT2D eigenvalue weighted by Gasteiger charge is 2.29. The molecule has 0 atom stereocenters. The lowest BCUT2D eigenvalue weighted by Gasteiger charge is -2.16. The van der Waals surface area contributed by atoms with Crippen LogP contribution in [0.2, 0.25) is 0 Å². The predicted octanol–water partition coefficient (Wildman–Crippen LogP) is 2.86. The van der Waals surface area contributed by atoms with Gasteiger partial charge in [0.15, 0.2) is 0 Å². The van der Waals surface area contributed by atoms with E-state index in [1.807, 2.05) is 17.9 Å². The number of aryl methyl sites for hydroxylation is 2. The van der Waals surface area contributed by atoms with Crippen molar-refractivity contribution in [1.29, 1.82) is 0 Å². The van der Waals surface area contributed by atoms with E-state index in [0.717, 1.165) is 38.1 Å². The number of benzene rings is 1. The van der Waals surface area contributed by atoms with Crippen molar-refractivity contribution in [3.05, 3.63) is 47.3 Å². The van der Waals surface area contributed by atoms with Crippen molar-refractivity contribution in [1.82, 2.24) is 15.1 Å². The Bertz CT molecular complexity index is 646. The second-order valence-corrected chi connectivity index (χ2v) is 6.78. The van der Waals surface area contributed by atoms with Crippen LogP contribution in [-0.2, 0) is 26.4 Å². The van der Waals surface area contributed by atoms with Gasteiger partial charge in [-0.25, -0.2) is 0 Å². The zero-order chi connectivity index (χ0) is 15.6. The SMILES string of the molecule is Cn1cc(CCCNCc2ccc3c(c2)CC(C)(C)O3)cn1. The number of hydrogen-bond acceptors (Lipinski definition) is 3. The van der Waals surface area contributed by atoms with Gasteiger partial charge in [0.05, 0.1) is 6.20 Å². The van der Waals surface area contributed by atoms with E-state index in [4.69, 9.17) is 4.74 Å². The molecule has 3 rings (SSSR count). The van der Waals surface area contributed by atoms with Crippen LogP contribution in [0.1, 0.15) is 37.0 Å². The molecule has 1 N–H and O–H groups in total. The largest absolute Gasteiger partial charge is 0.487 e. The summed E-state index contributed by atoms with van der Waals surface area (Å²) in [5.74, 6) is 1.05. The molecule has 0 radical (unpaired) electrons. The van der Waals surface area contributed by atoms with Crippen LogP contribution in [0, 0.1) is 0 Å². The van der Waals surface area contributed by atoms with Crippen LogP contribution >= 0.6 is 0 Å². The minimum atomic E-state index is -0.0574. The third-order valence-electron chi connectivity index (χ3n) is 4.03. The number of fused-ring (bicyclic) bond motifs is 1. The lowest BCUT2D eigenvalue weighted by molar-refractivity contribution is 0.138. The van der Waals surface area contributed by atoms with Crippen molar-refractivity contribution in [3.8, 4) is 5.75 Å². The minimum absolute atomic E-state index is 0.0574. The summed E-state index contributed by atoms with van der Waals surface area (Å²) >= 11 is 0. The van der Waals surface area contributed by atoms with Gasteiger partial charge in [0.25, 0.3) is 0 Å². The molecule has 1 aliphatic rings. The molecular weight excluding hydrogens is 274 g/mol. The van der Waals surface area contributed by atoms with Gasteiger partial charge in [-0.2, -0.15) is 5.10 Å². The molecule has 1 aromatic heterocycles. The summed E-state index contributed by atoms with van der Waals surface area (Å²) in [4.78, 5) is 0. The molecule has 0 unspecified atom stereocenters. The van der Waals surface area contributed by atoms with E-state index in [1.54, 1.807) is 0 Å². The van der Waals surface area contributed by atoms with Gasteiger partial charge in [0.2, 0.25) is 0 Å². The van der Waals surface area contributed by atoms with Crippen LogP contribution in [0.3, 0.4) is 0 Å². The van der Waals surface area contributed by atoms with Crippen molar-refractivity contribution < 1.29 is 4.74 Å². The Morgan fingerprint density at radius 2 is 2.18 bits per heavy atom. The normalized spacial score (nSPS) is 15.6. The number of ether oxygens (including phenoxy) is 1. The Kier molecular flexibility index (Phi) is 4.21. The molecule has 2 aromatic rings. The molecule has 0 fully saturated rings. The van der Waals surface area contributed by atoms with Crippen LogP contribution < -0.4 is 10.1 Å². The summed E-state index contributed by atoms with van der Waals surface area (Å²) in [6.07, 6.45) is 7.24. The smallest absolute Gasteiger partial charge is 0.123 e. The molecule has 1 aliphatic heterocycles. The Hall–Kier alpha value is -1.81. The van der Waals surface area contributed by atoms with Gasteiger partial charge in [-0.1, -0.05) is 12.1 Å². The highest BCUT2D eigenvalue weighted by Crippen LogP contribution is 2.35. The topological polar surface area (TPSA) is 39.1 Å². The van der Waals surface area contributed by atoms with Gasteiger partial charge < -0.3 is 10.1 Å². The zero-order valence-electron chi connectivity index (χ0n) is 13.7. The van der Waals surface area contributed by atoms with E-state index >= 15 is 0 Å². The summed E-state index contributed by atoms with van der Waals surface area (Å²) in [5, 5.41) is 7.72. The van der Waals surface area contributed by atoms with Crippen LogP contribution in [0.4, 0.5) is 0 Å². The monoisotopic (exact) mass is 299 g/mol. The van der Waals surface area contributed by atoms with E-state index in [9.17, 15) is 0 Å². The fraction of sp³-hybridized carbons (Fsp3) is 0.500. The maximum atomic E-state index is 5.91. The number of nitrogens with one attached hydrogen (secondary N) is 1. The average Bonchev–Trinajstić information content (AvgIpc) is 2.99. The Morgan fingerprint density at radius 3 is 2.95 bits per heavy atom. The molecule has 22 heavy (non-hydrogen) atoms. The molecule has 0 bridgehead atoms. The molecule has 0 saturated carbocycles. The lowest BCUT2D eigenvalue weighted by atomic mass is 10.0. The number of hydrogen-bond donors (Lipinski definition) is 1. The quantitative estimate of drug-likeness (QED) is 0.834. The molecule has 0 amide bonds.